The van der Waals surface area contributed by atoms with Crippen LogP contribution in [-0.4, -0.2) is 25.2 Å². The number of nitrogens with one attached hydrogen (secondary N) is 2. The first-order valence-corrected chi connectivity index (χ1v) is 6.42. The van der Waals surface area contributed by atoms with E-state index in [9.17, 15) is 4.79 Å². The van der Waals surface area contributed by atoms with Gasteiger partial charge < -0.3 is 19.2 Å². The molecule has 110 valence electrons. The quantitative estimate of drug-likeness (QED) is 0.845. The molecule has 0 bridgehead atoms. The summed E-state index contributed by atoms with van der Waals surface area (Å²) in [7, 11) is 3.10. The van der Waals surface area contributed by atoms with Crippen molar-refractivity contribution in [3.63, 3.8) is 0 Å². The van der Waals surface area contributed by atoms with E-state index in [0.29, 0.717) is 17.2 Å². The Kier molecular flexibility index (Phi) is 4.78. The minimum atomic E-state index is -0.431. The maximum atomic E-state index is 11.8. The number of carbonyl (C=O) groups is 1. The lowest BCUT2D eigenvalue weighted by Crippen LogP contribution is -2.34. The second-order valence-corrected chi connectivity index (χ2v) is 4.36. The molecule has 1 aromatic carbocycles. The first kappa shape index (κ1) is 14.9. The van der Waals surface area contributed by atoms with E-state index in [1.807, 2.05) is 0 Å². The van der Waals surface area contributed by atoms with Gasteiger partial charge in [0.15, 0.2) is 10.9 Å². The minimum Gasteiger partial charge on any atom is -0.497 e. The van der Waals surface area contributed by atoms with E-state index < -0.39 is 5.91 Å². The first-order valence-electron chi connectivity index (χ1n) is 6.02. The van der Waals surface area contributed by atoms with Gasteiger partial charge in [0.05, 0.1) is 26.2 Å². The van der Waals surface area contributed by atoms with Crippen molar-refractivity contribution < 1.29 is 18.7 Å². The molecule has 1 aromatic heterocycles. The van der Waals surface area contributed by atoms with Gasteiger partial charge in [-0.3, -0.25) is 10.1 Å². The molecular formula is C14H14N2O4S. The Morgan fingerprint density at radius 3 is 2.67 bits per heavy atom. The van der Waals surface area contributed by atoms with Gasteiger partial charge in [0, 0.05) is 6.07 Å². The van der Waals surface area contributed by atoms with Gasteiger partial charge in [-0.15, -0.1) is 0 Å². The molecule has 0 saturated carbocycles. The largest absolute Gasteiger partial charge is 0.497 e. The fourth-order valence-electron chi connectivity index (χ4n) is 1.64. The SMILES string of the molecule is COc1ccc(OC)c(NC(=S)NC(=O)c2ccco2)c1. The zero-order chi connectivity index (χ0) is 15.2. The molecule has 2 N–H and O–H groups in total. The van der Waals surface area contributed by atoms with Crippen molar-refractivity contribution in [1.82, 2.24) is 5.32 Å². The van der Waals surface area contributed by atoms with Crippen LogP contribution in [0.5, 0.6) is 11.5 Å². The van der Waals surface area contributed by atoms with Crippen molar-refractivity contribution in [2.24, 2.45) is 0 Å². The molecule has 0 fully saturated rings. The third-order valence-electron chi connectivity index (χ3n) is 2.63. The van der Waals surface area contributed by atoms with Crippen molar-refractivity contribution in [2.75, 3.05) is 19.5 Å². The minimum absolute atomic E-state index is 0.128. The number of benzene rings is 1. The lowest BCUT2D eigenvalue weighted by atomic mass is 10.2. The smallest absolute Gasteiger partial charge is 0.293 e. The van der Waals surface area contributed by atoms with Crippen molar-refractivity contribution in [2.45, 2.75) is 0 Å². The average molecular weight is 306 g/mol. The lowest BCUT2D eigenvalue weighted by Gasteiger charge is -2.13. The summed E-state index contributed by atoms with van der Waals surface area (Å²) in [5.74, 6) is 0.958. The van der Waals surface area contributed by atoms with Crippen LogP contribution in [-0.2, 0) is 0 Å². The van der Waals surface area contributed by atoms with E-state index in [2.05, 4.69) is 10.6 Å². The van der Waals surface area contributed by atoms with E-state index in [4.69, 9.17) is 26.1 Å². The molecule has 1 amide bonds. The molecule has 21 heavy (non-hydrogen) atoms. The molecule has 6 nitrogen and oxygen atoms in total. The molecule has 0 unspecified atom stereocenters. The number of hydrogen-bond acceptors (Lipinski definition) is 5. The number of anilines is 1. The number of carbonyl (C=O) groups excluding carboxylic acids is 1. The van der Waals surface area contributed by atoms with Crippen LogP contribution < -0.4 is 20.1 Å². The second-order valence-electron chi connectivity index (χ2n) is 3.95. The zero-order valence-electron chi connectivity index (χ0n) is 11.5. The van der Waals surface area contributed by atoms with Crippen molar-refractivity contribution in [1.29, 1.82) is 0 Å². The summed E-state index contributed by atoms with van der Waals surface area (Å²) in [6.07, 6.45) is 1.41. The summed E-state index contributed by atoms with van der Waals surface area (Å²) in [6.45, 7) is 0. The van der Waals surface area contributed by atoms with Crippen LogP contribution in [0.4, 0.5) is 5.69 Å². The number of amides is 1. The summed E-state index contributed by atoms with van der Waals surface area (Å²) < 4.78 is 15.3. The Hall–Kier alpha value is -2.54. The number of furan rings is 1. The van der Waals surface area contributed by atoms with Gasteiger partial charge in [0.2, 0.25) is 0 Å². The molecule has 2 rings (SSSR count). The van der Waals surface area contributed by atoms with Gasteiger partial charge in [-0.2, -0.15) is 0 Å². The Labute approximate surface area is 127 Å². The Morgan fingerprint density at radius 2 is 2.05 bits per heavy atom. The van der Waals surface area contributed by atoms with Crippen LogP contribution in [0.15, 0.2) is 41.0 Å². The maximum Gasteiger partial charge on any atom is 0.293 e. The molecular weight excluding hydrogens is 292 g/mol. The summed E-state index contributed by atoms with van der Waals surface area (Å²) in [5.41, 5.74) is 0.585. The van der Waals surface area contributed by atoms with Crippen LogP contribution in [0.3, 0.4) is 0 Å². The molecule has 0 aliphatic carbocycles. The highest BCUT2D eigenvalue weighted by atomic mass is 32.1. The predicted octanol–water partition coefficient (Wildman–Crippen LogP) is 2.42. The molecule has 0 aliphatic heterocycles. The first-order chi connectivity index (χ1) is 10.1. The fourth-order valence-corrected chi connectivity index (χ4v) is 1.84. The monoisotopic (exact) mass is 306 g/mol. The van der Waals surface area contributed by atoms with Gasteiger partial charge >= 0.3 is 0 Å². The highest BCUT2D eigenvalue weighted by Gasteiger charge is 2.12. The van der Waals surface area contributed by atoms with E-state index >= 15 is 0 Å². The maximum absolute atomic E-state index is 11.8. The standard InChI is InChI=1S/C14H14N2O4S/c1-18-9-5-6-11(19-2)10(8-9)15-14(21)16-13(17)12-4-3-7-20-12/h3-8H,1-2H3,(H2,15,16,17,21). The van der Waals surface area contributed by atoms with Crippen LogP contribution in [0, 0.1) is 0 Å². The normalized spacial score (nSPS) is 9.81. The Morgan fingerprint density at radius 1 is 1.24 bits per heavy atom. The molecule has 0 radical (unpaired) electrons. The zero-order valence-corrected chi connectivity index (χ0v) is 12.3. The van der Waals surface area contributed by atoms with Crippen LogP contribution >= 0.6 is 12.2 Å². The summed E-state index contributed by atoms with van der Waals surface area (Å²) in [5, 5.41) is 5.52. The molecule has 2 aromatic rings. The fraction of sp³-hybridized carbons (Fsp3) is 0.143. The highest BCUT2D eigenvalue weighted by molar-refractivity contribution is 7.80. The van der Waals surface area contributed by atoms with E-state index in [1.165, 1.54) is 13.4 Å². The number of ether oxygens (including phenoxy) is 2. The number of rotatable bonds is 4. The molecule has 0 aliphatic rings. The Balaban J connectivity index is 2.07. The van der Waals surface area contributed by atoms with Crippen molar-refractivity contribution in [3.05, 3.63) is 42.4 Å². The second kappa shape index (κ2) is 6.76. The summed E-state index contributed by atoms with van der Waals surface area (Å²) in [6, 6.07) is 8.37. The Bertz CT molecular complexity index is 640. The van der Waals surface area contributed by atoms with Crippen molar-refractivity contribution >= 4 is 28.9 Å². The van der Waals surface area contributed by atoms with Crippen LogP contribution in [0.25, 0.3) is 0 Å². The topological polar surface area (TPSA) is 72.7 Å². The lowest BCUT2D eigenvalue weighted by molar-refractivity contribution is 0.0950. The van der Waals surface area contributed by atoms with Gasteiger partial charge in [-0.05, 0) is 36.5 Å². The van der Waals surface area contributed by atoms with E-state index in [0.717, 1.165) is 0 Å². The highest BCUT2D eigenvalue weighted by Crippen LogP contribution is 2.28. The molecule has 0 spiro atoms. The summed E-state index contributed by atoms with van der Waals surface area (Å²) in [4.78, 5) is 11.8. The van der Waals surface area contributed by atoms with Crippen LogP contribution in [0.2, 0.25) is 0 Å². The van der Waals surface area contributed by atoms with Crippen LogP contribution in [0.1, 0.15) is 10.6 Å². The third-order valence-corrected chi connectivity index (χ3v) is 2.83. The number of methoxy groups -OCH3 is 2. The predicted molar refractivity (Wildman–Crippen MR) is 81.9 cm³/mol. The molecule has 7 heteroatoms. The van der Waals surface area contributed by atoms with Gasteiger partial charge in [0.1, 0.15) is 11.5 Å². The number of hydrogen-bond donors (Lipinski definition) is 2. The average Bonchev–Trinajstić information content (AvgIpc) is 3.01. The summed E-state index contributed by atoms with van der Waals surface area (Å²) >= 11 is 5.09. The van der Waals surface area contributed by atoms with Gasteiger partial charge in [0.25, 0.3) is 5.91 Å². The molecule has 1 heterocycles. The molecule has 0 atom stereocenters. The van der Waals surface area contributed by atoms with Gasteiger partial charge in [-0.25, -0.2) is 0 Å². The van der Waals surface area contributed by atoms with E-state index in [1.54, 1.807) is 37.4 Å². The van der Waals surface area contributed by atoms with Gasteiger partial charge in [-0.1, -0.05) is 0 Å². The van der Waals surface area contributed by atoms with Crippen molar-refractivity contribution in [3.8, 4) is 11.5 Å². The van der Waals surface area contributed by atoms with E-state index in [-0.39, 0.29) is 10.9 Å². The molecule has 0 saturated heterocycles. The third kappa shape index (κ3) is 3.73. The number of thiocarbonyl (C=S) groups is 1.